The highest BCUT2D eigenvalue weighted by molar-refractivity contribution is 5.96. The molecular formula is C28H37ClN2O2. The average Bonchev–Trinajstić information content (AvgIpc) is 3.02. The van der Waals surface area contributed by atoms with Crippen molar-refractivity contribution >= 4 is 24.1 Å². The fourth-order valence-corrected chi connectivity index (χ4v) is 5.18. The fourth-order valence-electron chi connectivity index (χ4n) is 5.18. The van der Waals surface area contributed by atoms with Gasteiger partial charge < -0.3 is 4.90 Å². The topological polar surface area (TPSA) is 40.6 Å². The molecule has 4 nitrogen and oxygen atoms in total. The monoisotopic (exact) mass is 468 g/mol. The molecule has 1 amide bonds. The smallest absolute Gasteiger partial charge is 0.219 e. The molecule has 33 heavy (non-hydrogen) atoms. The van der Waals surface area contributed by atoms with Crippen molar-refractivity contribution in [3.05, 3.63) is 70.8 Å². The highest BCUT2D eigenvalue weighted by atomic mass is 35.5. The second kappa shape index (κ2) is 12.3. The highest BCUT2D eigenvalue weighted by Crippen LogP contribution is 2.24. The number of carbonyl (C=O) groups is 2. The van der Waals surface area contributed by atoms with Crippen LogP contribution in [0.2, 0.25) is 0 Å². The number of fused-ring (bicyclic) bond motifs is 1. The third kappa shape index (κ3) is 7.15. The van der Waals surface area contributed by atoms with Gasteiger partial charge in [-0.3, -0.25) is 14.5 Å². The summed E-state index contributed by atoms with van der Waals surface area (Å²) >= 11 is 0. The molecule has 0 bridgehead atoms. The van der Waals surface area contributed by atoms with E-state index in [0.717, 1.165) is 76.8 Å². The van der Waals surface area contributed by atoms with Crippen molar-refractivity contribution in [3.8, 4) is 0 Å². The van der Waals surface area contributed by atoms with E-state index in [0.29, 0.717) is 12.3 Å². The minimum atomic E-state index is 0. The molecule has 2 heterocycles. The molecule has 0 saturated carbocycles. The van der Waals surface area contributed by atoms with Gasteiger partial charge in [-0.2, -0.15) is 0 Å². The van der Waals surface area contributed by atoms with Crippen molar-refractivity contribution in [3.63, 3.8) is 0 Å². The molecule has 2 aliphatic rings. The molecule has 0 spiro atoms. The summed E-state index contributed by atoms with van der Waals surface area (Å²) in [5.74, 6) is 1.12. The summed E-state index contributed by atoms with van der Waals surface area (Å²) in [4.78, 5) is 28.8. The summed E-state index contributed by atoms with van der Waals surface area (Å²) < 4.78 is 0. The van der Waals surface area contributed by atoms with Gasteiger partial charge in [0, 0.05) is 51.6 Å². The van der Waals surface area contributed by atoms with E-state index in [9.17, 15) is 9.59 Å². The molecular weight excluding hydrogens is 432 g/mol. The zero-order chi connectivity index (χ0) is 22.3. The molecule has 0 aliphatic carbocycles. The first-order chi connectivity index (χ1) is 15.6. The number of rotatable bonds is 7. The number of Topliss-reactive ketones (excluding diaryl/α,β-unsaturated/α-hetero) is 1. The Hall–Kier alpha value is -2.17. The van der Waals surface area contributed by atoms with Crippen LogP contribution in [0.25, 0.3) is 0 Å². The second-order valence-corrected chi connectivity index (χ2v) is 9.51. The summed E-state index contributed by atoms with van der Waals surface area (Å²) in [6, 6.07) is 17.1. The van der Waals surface area contributed by atoms with Crippen LogP contribution in [0, 0.1) is 5.92 Å². The number of piperidine rings is 1. The van der Waals surface area contributed by atoms with Crippen molar-refractivity contribution in [1.29, 1.82) is 0 Å². The van der Waals surface area contributed by atoms with Crippen molar-refractivity contribution < 1.29 is 9.59 Å². The quantitative estimate of drug-likeness (QED) is 0.516. The first kappa shape index (κ1) is 25.5. The molecule has 0 N–H and O–H groups in total. The Balaban J connectivity index is 0.00000306. The predicted octanol–water partition coefficient (Wildman–Crippen LogP) is 5.32. The number of carbonyl (C=O) groups excluding carboxylic acids is 2. The summed E-state index contributed by atoms with van der Waals surface area (Å²) in [7, 11) is 0. The lowest BCUT2D eigenvalue weighted by atomic mass is 9.90. The molecule has 1 saturated heterocycles. The minimum absolute atomic E-state index is 0. The van der Waals surface area contributed by atoms with Crippen LogP contribution in [0.4, 0.5) is 0 Å². The van der Waals surface area contributed by atoms with Crippen molar-refractivity contribution in [1.82, 2.24) is 9.80 Å². The summed E-state index contributed by atoms with van der Waals surface area (Å²) in [6.45, 7) is 6.50. The Morgan fingerprint density at radius 3 is 2.30 bits per heavy atom. The van der Waals surface area contributed by atoms with E-state index in [1.807, 2.05) is 11.0 Å². The zero-order valence-corrected chi connectivity index (χ0v) is 20.6. The van der Waals surface area contributed by atoms with E-state index in [1.54, 1.807) is 6.92 Å². The van der Waals surface area contributed by atoms with Gasteiger partial charge in [-0.15, -0.1) is 12.4 Å². The third-order valence-electron chi connectivity index (χ3n) is 7.25. The maximum atomic E-state index is 12.8. The molecule has 4 rings (SSSR count). The SMILES string of the molecule is CC(=O)N1CCC(CCCC(=O)c2ccc3c(c2)CCN(Cc2ccccc2)CC3)CC1.Cl. The molecule has 2 aromatic carbocycles. The van der Waals surface area contributed by atoms with Gasteiger partial charge >= 0.3 is 0 Å². The average molecular weight is 469 g/mol. The molecule has 0 unspecified atom stereocenters. The molecule has 178 valence electrons. The number of halogens is 1. The first-order valence-electron chi connectivity index (χ1n) is 12.3. The second-order valence-electron chi connectivity index (χ2n) is 9.51. The number of hydrogen-bond acceptors (Lipinski definition) is 3. The maximum Gasteiger partial charge on any atom is 0.219 e. The lowest BCUT2D eigenvalue weighted by Gasteiger charge is -2.31. The van der Waals surface area contributed by atoms with E-state index in [4.69, 9.17) is 0 Å². The number of benzene rings is 2. The normalized spacial score (nSPS) is 17.1. The largest absolute Gasteiger partial charge is 0.343 e. The van der Waals surface area contributed by atoms with Gasteiger partial charge in [0.15, 0.2) is 5.78 Å². The highest BCUT2D eigenvalue weighted by Gasteiger charge is 2.21. The maximum absolute atomic E-state index is 12.8. The van der Waals surface area contributed by atoms with Gasteiger partial charge in [-0.25, -0.2) is 0 Å². The summed E-state index contributed by atoms with van der Waals surface area (Å²) in [5.41, 5.74) is 4.99. The Kier molecular flexibility index (Phi) is 9.52. The number of nitrogens with zero attached hydrogens (tertiary/aromatic N) is 2. The lowest BCUT2D eigenvalue weighted by Crippen LogP contribution is -2.36. The Morgan fingerprint density at radius 2 is 1.61 bits per heavy atom. The van der Waals surface area contributed by atoms with Crippen molar-refractivity contribution in [2.24, 2.45) is 5.92 Å². The van der Waals surface area contributed by atoms with E-state index in [-0.39, 0.29) is 24.1 Å². The number of ketones is 1. The van der Waals surface area contributed by atoms with E-state index >= 15 is 0 Å². The van der Waals surface area contributed by atoms with Crippen molar-refractivity contribution in [2.45, 2.75) is 58.4 Å². The fraction of sp³-hybridized carbons (Fsp3) is 0.500. The van der Waals surface area contributed by atoms with Gasteiger partial charge in [-0.05, 0) is 67.2 Å². The van der Waals surface area contributed by atoms with Crippen LogP contribution in [0.5, 0.6) is 0 Å². The Morgan fingerprint density at radius 1 is 0.909 bits per heavy atom. The summed E-state index contributed by atoms with van der Waals surface area (Å²) in [6.07, 6.45) is 6.89. The van der Waals surface area contributed by atoms with E-state index in [2.05, 4.69) is 47.4 Å². The van der Waals surface area contributed by atoms with Crippen LogP contribution in [-0.4, -0.2) is 47.7 Å². The van der Waals surface area contributed by atoms with E-state index in [1.165, 1.54) is 16.7 Å². The molecule has 2 aliphatic heterocycles. The van der Waals surface area contributed by atoms with Crippen LogP contribution in [-0.2, 0) is 24.2 Å². The van der Waals surface area contributed by atoms with Gasteiger partial charge in [-0.1, -0.05) is 42.5 Å². The molecule has 5 heteroatoms. The van der Waals surface area contributed by atoms with Crippen LogP contribution in [0.1, 0.15) is 66.1 Å². The number of amides is 1. The molecule has 2 aromatic rings. The third-order valence-corrected chi connectivity index (χ3v) is 7.25. The minimum Gasteiger partial charge on any atom is -0.343 e. The van der Waals surface area contributed by atoms with Gasteiger partial charge in [0.2, 0.25) is 5.91 Å². The Bertz CT molecular complexity index is 923. The molecule has 0 radical (unpaired) electrons. The van der Waals surface area contributed by atoms with Gasteiger partial charge in [0.05, 0.1) is 0 Å². The lowest BCUT2D eigenvalue weighted by molar-refractivity contribution is -0.130. The van der Waals surface area contributed by atoms with Gasteiger partial charge in [0.1, 0.15) is 0 Å². The standard InChI is InChI=1S/C28H36N2O2.ClH/c1-22(31)30-18-12-23(13-19-30)8-5-9-28(32)27-11-10-25-14-16-29(17-15-26(25)20-27)21-24-6-3-2-4-7-24;/h2-4,6-7,10-11,20,23H,5,8-9,12-19,21H2,1H3;1H. The van der Waals surface area contributed by atoms with Gasteiger partial charge in [0.25, 0.3) is 0 Å². The molecule has 0 aromatic heterocycles. The van der Waals surface area contributed by atoms with Crippen LogP contribution in [0.15, 0.2) is 48.5 Å². The zero-order valence-electron chi connectivity index (χ0n) is 19.8. The molecule has 0 atom stereocenters. The Labute approximate surface area is 204 Å². The van der Waals surface area contributed by atoms with Crippen LogP contribution in [0.3, 0.4) is 0 Å². The summed E-state index contributed by atoms with van der Waals surface area (Å²) in [5, 5.41) is 0. The van der Waals surface area contributed by atoms with Crippen molar-refractivity contribution in [2.75, 3.05) is 26.2 Å². The number of likely N-dealkylation sites (tertiary alicyclic amines) is 1. The van der Waals surface area contributed by atoms with Crippen LogP contribution >= 0.6 is 12.4 Å². The number of hydrogen-bond donors (Lipinski definition) is 0. The van der Waals surface area contributed by atoms with Crippen LogP contribution < -0.4 is 0 Å². The molecule has 1 fully saturated rings. The first-order valence-corrected chi connectivity index (χ1v) is 12.3. The van der Waals surface area contributed by atoms with E-state index < -0.39 is 0 Å². The predicted molar refractivity (Wildman–Crippen MR) is 136 cm³/mol.